The lowest BCUT2D eigenvalue weighted by molar-refractivity contribution is -0.124. The number of hydrogen-bond donors (Lipinski definition) is 0. The Hall–Kier alpha value is -1.48. The molecule has 0 aromatic heterocycles. The summed E-state index contributed by atoms with van der Waals surface area (Å²) in [6.07, 6.45) is 4.06. The van der Waals surface area contributed by atoms with Crippen molar-refractivity contribution in [3.05, 3.63) is 35.9 Å². The molecule has 1 aromatic rings. The van der Waals surface area contributed by atoms with E-state index in [-0.39, 0.29) is 17.8 Å². The fourth-order valence-corrected chi connectivity index (χ4v) is 4.07. The van der Waals surface area contributed by atoms with Gasteiger partial charge in [0.25, 0.3) is 0 Å². The second-order valence-electron chi connectivity index (χ2n) is 9.38. The van der Waals surface area contributed by atoms with E-state index in [0.717, 1.165) is 37.2 Å². The molecule has 0 amide bonds. The Morgan fingerprint density at radius 3 is 2.52 bits per heavy atom. The van der Waals surface area contributed by atoms with Crippen molar-refractivity contribution in [2.24, 2.45) is 11.3 Å². The van der Waals surface area contributed by atoms with Crippen molar-refractivity contribution in [2.75, 3.05) is 13.9 Å². The van der Waals surface area contributed by atoms with E-state index < -0.39 is 0 Å². The van der Waals surface area contributed by atoms with Crippen LogP contribution in [0.25, 0.3) is 0 Å². The van der Waals surface area contributed by atoms with Crippen molar-refractivity contribution in [1.29, 1.82) is 0 Å². The van der Waals surface area contributed by atoms with Gasteiger partial charge in [0.15, 0.2) is 18.3 Å². The van der Waals surface area contributed by atoms with Gasteiger partial charge in [-0.3, -0.25) is 0 Å². The quantitative estimate of drug-likeness (QED) is 0.391. The molecule has 3 heteroatoms. The molecule has 0 saturated heterocycles. The summed E-state index contributed by atoms with van der Waals surface area (Å²) in [7, 11) is 1.69. The number of benzene rings is 1. The molecule has 0 N–H and O–H groups in total. The largest absolute Gasteiger partial charge is 0.493 e. The van der Waals surface area contributed by atoms with Gasteiger partial charge in [-0.15, -0.1) is 0 Å². The van der Waals surface area contributed by atoms with Gasteiger partial charge in [-0.05, 0) is 60.6 Å². The Morgan fingerprint density at radius 2 is 1.96 bits per heavy atom. The maximum Gasteiger partial charge on any atom is 0.189 e. The van der Waals surface area contributed by atoms with Crippen LogP contribution in [0.1, 0.15) is 78.7 Å². The molecular weight excluding hydrogens is 336 g/mol. The molecule has 152 valence electrons. The molecule has 1 aliphatic rings. The van der Waals surface area contributed by atoms with E-state index in [4.69, 9.17) is 14.2 Å². The first kappa shape index (κ1) is 21.8. The Labute approximate surface area is 166 Å². The van der Waals surface area contributed by atoms with Crippen LogP contribution in [0.15, 0.2) is 30.4 Å². The second-order valence-corrected chi connectivity index (χ2v) is 9.38. The smallest absolute Gasteiger partial charge is 0.189 e. The number of ether oxygens (including phenoxy) is 3. The van der Waals surface area contributed by atoms with Gasteiger partial charge in [0.05, 0.1) is 12.7 Å². The summed E-state index contributed by atoms with van der Waals surface area (Å²) in [6.45, 7) is 17.9. The summed E-state index contributed by atoms with van der Waals surface area (Å²) in [4.78, 5) is 0. The molecule has 3 atom stereocenters. The molecule has 2 rings (SSSR count). The lowest BCUT2D eigenvalue weighted by atomic mass is 9.75. The Kier molecular flexibility index (Phi) is 7.02. The topological polar surface area (TPSA) is 27.7 Å². The van der Waals surface area contributed by atoms with E-state index in [1.165, 1.54) is 11.1 Å². The van der Waals surface area contributed by atoms with Crippen LogP contribution in [0, 0.1) is 11.3 Å². The number of methoxy groups -OCH3 is 1. The summed E-state index contributed by atoms with van der Waals surface area (Å²) in [6, 6.07) is 6.22. The molecule has 0 heterocycles. The predicted octanol–water partition coefficient (Wildman–Crippen LogP) is 6.72. The third-order valence-electron chi connectivity index (χ3n) is 6.14. The second kappa shape index (κ2) is 8.68. The fourth-order valence-electron chi connectivity index (χ4n) is 4.07. The van der Waals surface area contributed by atoms with Gasteiger partial charge >= 0.3 is 0 Å². The molecule has 0 bridgehead atoms. The van der Waals surface area contributed by atoms with Crippen molar-refractivity contribution in [1.82, 2.24) is 0 Å². The molecule has 1 aromatic carbocycles. The van der Waals surface area contributed by atoms with Gasteiger partial charge in [-0.1, -0.05) is 59.8 Å². The zero-order chi connectivity index (χ0) is 20.2. The molecule has 1 aliphatic carbocycles. The van der Waals surface area contributed by atoms with Crippen LogP contribution < -0.4 is 9.47 Å². The van der Waals surface area contributed by atoms with Gasteiger partial charge in [0, 0.05) is 0 Å². The molecule has 3 unspecified atom stereocenters. The average Bonchev–Trinajstić information content (AvgIpc) is 2.59. The summed E-state index contributed by atoms with van der Waals surface area (Å²) >= 11 is 0. The highest BCUT2D eigenvalue weighted by Crippen LogP contribution is 2.41. The highest BCUT2D eigenvalue weighted by molar-refractivity contribution is 5.44. The normalized spacial score (nSPS) is 24.6. The van der Waals surface area contributed by atoms with Crippen molar-refractivity contribution < 1.29 is 14.2 Å². The van der Waals surface area contributed by atoms with Crippen molar-refractivity contribution >= 4 is 0 Å². The van der Waals surface area contributed by atoms with E-state index in [1.54, 1.807) is 7.11 Å². The summed E-state index contributed by atoms with van der Waals surface area (Å²) in [5, 5.41) is 0. The predicted molar refractivity (Wildman–Crippen MR) is 113 cm³/mol. The molecule has 1 fully saturated rings. The molecule has 0 aliphatic heterocycles. The summed E-state index contributed by atoms with van der Waals surface area (Å²) in [5.74, 6) is 2.53. The van der Waals surface area contributed by atoms with E-state index in [0.29, 0.717) is 11.8 Å². The minimum Gasteiger partial charge on any atom is -0.493 e. The van der Waals surface area contributed by atoms with Crippen molar-refractivity contribution in [3.63, 3.8) is 0 Å². The fraction of sp³-hybridized carbons (Fsp3) is 0.667. The van der Waals surface area contributed by atoms with Gasteiger partial charge in [-0.2, -0.15) is 0 Å². The van der Waals surface area contributed by atoms with Crippen LogP contribution in [0.3, 0.4) is 0 Å². The third kappa shape index (κ3) is 5.51. The highest BCUT2D eigenvalue weighted by Gasteiger charge is 2.36. The van der Waals surface area contributed by atoms with Crippen LogP contribution in [0.2, 0.25) is 0 Å². The Morgan fingerprint density at radius 1 is 1.26 bits per heavy atom. The van der Waals surface area contributed by atoms with Crippen LogP contribution in [0.5, 0.6) is 11.5 Å². The van der Waals surface area contributed by atoms with Crippen LogP contribution in [-0.4, -0.2) is 19.5 Å². The zero-order valence-electron chi connectivity index (χ0n) is 18.4. The standard InChI is InChI=1S/C24H38O3/c1-9-24(14-17(2)12-18(3)15-24)27-16-26-21-11-10-20(13-22(21)25-8)19(4)23(5,6)7/h10-11,13,18-19H,2,9,12,14-16H2,1,3-8H3. The first-order chi connectivity index (χ1) is 12.6. The third-order valence-corrected chi connectivity index (χ3v) is 6.14. The first-order valence-corrected chi connectivity index (χ1v) is 10.2. The zero-order valence-corrected chi connectivity index (χ0v) is 18.4. The van der Waals surface area contributed by atoms with Gasteiger partial charge in [-0.25, -0.2) is 0 Å². The number of rotatable bonds is 7. The monoisotopic (exact) mass is 374 g/mol. The van der Waals surface area contributed by atoms with Crippen molar-refractivity contribution in [3.8, 4) is 11.5 Å². The first-order valence-electron chi connectivity index (χ1n) is 10.2. The summed E-state index contributed by atoms with van der Waals surface area (Å²) < 4.78 is 17.8. The van der Waals surface area contributed by atoms with Gasteiger partial charge < -0.3 is 14.2 Å². The van der Waals surface area contributed by atoms with Gasteiger partial charge in [0.2, 0.25) is 0 Å². The van der Waals surface area contributed by atoms with Gasteiger partial charge in [0.1, 0.15) is 0 Å². The number of hydrogen-bond acceptors (Lipinski definition) is 3. The Bertz CT molecular complexity index is 644. The van der Waals surface area contributed by atoms with Crippen molar-refractivity contribution in [2.45, 2.75) is 78.7 Å². The Balaban J connectivity index is 2.06. The maximum atomic E-state index is 6.26. The van der Waals surface area contributed by atoms with E-state index in [9.17, 15) is 0 Å². The molecule has 27 heavy (non-hydrogen) atoms. The minimum atomic E-state index is -0.150. The highest BCUT2D eigenvalue weighted by atomic mass is 16.7. The molecular formula is C24H38O3. The lowest BCUT2D eigenvalue weighted by Gasteiger charge is -2.40. The van der Waals surface area contributed by atoms with E-state index in [1.807, 2.05) is 6.07 Å². The SMILES string of the molecule is C=C1CC(C)CC(CC)(OCOc2ccc(C(C)C(C)(C)C)cc2OC)C1. The van der Waals surface area contributed by atoms with E-state index in [2.05, 4.69) is 60.3 Å². The molecule has 0 spiro atoms. The molecule has 3 nitrogen and oxygen atoms in total. The minimum absolute atomic E-state index is 0.150. The maximum absolute atomic E-state index is 6.26. The molecule has 0 radical (unpaired) electrons. The average molecular weight is 375 g/mol. The van der Waals surface area contributed by atoms with Crippen LogP contribution in [-0.2, 0) is 4.74 Å². The lowest BCUT2D eigenvalue weighted by Crippen LogP contribution is -2.39. The molecule has 1 saturated carbocycles. The van der Waals surface area contributed by atoms with Crippen LogP contribution >= 0.6 is 0 Å². The van der Waals surface area contributed by atoms with E-state index >= 15 is 0 Å². The van der Waals surface area contributed by atoms with Crippen LogP contribution in [0.4, 0.5) is 0 Å². The summed E-state index contributed by atoms with van der Waals surface area (Å²) in [5.41, 5.74) is 2.59.